The zero-order valence-corrected chi connectivity index (χ0v) is 7.78. The predicted molar refractivity (Wildman–Crippen MR) is 52.7 cm³/mol. The van der Waals surface area contributed by atoms with E-state index in [1.807, 2.05) is 13.1 Å². The number of rotatable bonds is 3. The Hall–Kier alpha value is -1.18. The van der Waals surface area contributed by atoms with Gasteiger partial charge in [-0.25, -0.2) is 0 Å². The highest BCUT2D eigenvalue weighted by atomic mass is 15.0. The van der Waals surface area contributed by atoms with Crippen LogP contribution in [0.25, 0.3) is 0 Å². The molecule has 0 aromatic heterocycles. The van der Waals surface area contributed by atoms with Crippen LogP contribution in [0, 0.1) is 0 Å². The van der Waals surface area contributed by atoms with Gasteiger partial charge in [-0.2, -0.15) is 0 Å². The van der Waals surface area contributed by atoms with Gasteiger partial charge in [0, 0.05) is 12.2 Å². The average Bonchev–Trinajstić information content (AvgIpc) is 2.01. The topological polar surface area (TPSA) is 24.1 Å². The molecule has 0 aromatic rings. The molecule has 0 atom stereocenters. The molecule has 0 amide bonds. The minimum atomic E-state index is 0.862. The van der Waals surface area contributed by atoms with Gasteiger partial charge in [0.1, 0.15) is 0 Å². The van der Waals surface area contributed by atoms with Crippen LogP contribution in [0.15, 0.2) is 35.7 Å². The largest absolute Gasteiger partial charge is 0.385 e. The summed E-state index contributed by atoms with van der Waals surface area (Å²) in [5.74, 6) is 0. The molecule has 12 heavy (non-hydrogen) atoms. The first-order valence-electron chi connectivity index (χ1n) is 4.17. The van der Waals surface area contributed by atoms with Gasteiger partial charge in [0.05, 0.1) is 6.54 Å². The second-order valence-corrected chi connectivity index (χ2v) is 3.25. The van der Waals surface area contributed by atoms with Crippen LogP contribution in [0.5, 0.6) is 0 Å². The SMILES string of the molecule is C=C(C)CNC1=CC(C)=CNC1. The second-order valence-electron chi connectivity index (χ2n) is 3.25. The Balaban J connectivity index is 2.42. The molecule has 0 saturated carbocycles. The van der Waals surface area contributed by atoms with E-state index in [4.69, 9.17) is 0 Å². The van der Waals surface area contributed by atoms with E-state index < -0.39 is 0 Å². The molecule has 1 rings (SSSR count). The van der Waals surface area contributed by atoms with E-state index in [0.717, 1.165) is 18.7 Å². The number of nitrogens with one attached hydrogen (secondary N) is 2. The van der Waals surface area contributed by atoms with Gasteiger partial charge in [0.25, 0.3) is 0 Å². The van der Waals surface area contributed by atoms with Gasteiger partial charge >= 0.3 is 0 Å². The Kier molecular flexibility index (Phi) is 2.97. The van der Waals surface area contributed by atoms with Gasteiger partial charge in [0.15, 0.2) is 0 Å². The van der Waals surface area contributed by atoms with Crippen LogP contribution in [-0.4, -0.2) is 13.1 Å². The van der Waals surface area contributed by atoms with Crippen molar-refractivity contribution >= 4 is 0 Å². The molecule has 2 N–H and O–H groups in total. The fraction of sp³-hybridized carbons (Fsp3) is 0.400. The molecule has 1 aliphatic heterocycles. The highest BCUT2D eigenvalue weighted by Crippen LogP contribution is 2.03. The molecule has 1 aliphatic rings. The van der Waals surface area contributed by atoms with Crippen LogP contribution >= 0.6 is 0 Å². The third kappa shape index (κ3) is 2.82. The Morgan fingerprint density at radius 1 is 1.75 bits per heavy atom. The lowest BCUT2D eigenvalue weighted by Crippen LogP contribution is -2.26. The normalized spacial score (nSPS) is 15.8. The Morgan fingerprint density at radius 3 is 3.08 bits per heavy atom. The van der Waals surface area contributed by atoms with Gasteiger partial charge in [-0.15, -0.1) is 0 Å². The summed E-state index contributed by atoms with van der Waals surface area (Å²) in [5.41, 5.74) is 3.64. The minimum Gasteiger partial charge on any atom is -0.385 e. The highest BCUT2D eigenvalue weighted by Gasteiger charge is 1.99. The van der Waals surface area contributed by atoms with E-state index in [9.17, 15) is 0 Å². The van der Waals surface area contributed by atoms with Gasteiger partial charge in [-0.1, -0.05) is 12.2 Å². The van der Waals surface area contributed by atoms with Crippen molar-refractivity contribution in [2.45, 2.75) is 13.8 Å². The summed E-state index contributed by atoms with van der Waals surface area (Å²) in [4.78, 5) is 0. The third-order valence-corrected chi connectivity index (χ3v) is 1.64. The third-order valence-electron chi connectivity index (χ3n) is 1.64. The molecular formula is C10H16N2. The standard InChI is InChI=1S/C10H16N2/c1-8(2)5-12-10-4-9(3)6-11-7-10/h4,6,11-12H,1,5,7H2,2-3H3. The summed E-state index contributed by atoms with van der Waals surface area (Å²) < 4.78 is 0. The highest BCUT2D eigenvalue weighted by molar-refractivity contribution is 5.25. The van der Waals surface area contributed by atoms with E-state index >= 15 is 0 Å². The molecule has 0 bridgehead atoms. The fourth-order valence-corrected chi connectivity index (χ4v) is 1.07. The van der Waals surface area contributed by atoms with Crippen molar-refractivity contribution in [3.05, 3.63) is 35.7 Å². The molecule has 2 heteroatoms. The summed E-state index contributed by atoms with van der Waals surface area (Å²) >= 11 is 0. The maximum atomic E-state index is 3.83. The fourth-order valence-electron chi connectivity index (χ4n) is 1.07. The van der Waals surface area contributed by atoms with E-state index in [1.165, 1.54) is 11.3 Å². The number of hydrogen-bond acceptors (Lipinski definition) is 2. The monoisotopic (exact) mass is 164 g/mol. The maximum Gasteiger partial charge on any atom is 0.0542 e. The molecule has 0 unspecified atom stereocenters. The van der Waals surface area contributed by atoms with Crippen molar-refractivity contribution in [2.24, 2.45) is 0 Å². The molecule has 2 nitrogen and oxygen atoms in total. The number of hydrogen-bond donors (Lipinski definition) is 2. The summed E-state index contributed by atoms with van der Waals surface area (Å²) in [6.07, 6.45) is 4.17. The van der Waals surface area contributed by atoms with Crippen LogP contribution < -0.4 is 10.6 Å². The molecule has 0 aromatic carbocycles. The smallest absolute Gasteiger partial charge is 0.0542 e. The van der Waals surface area contributed by atoms with Crippen molar-refractivity contribution in [2.75, 3.05) is 13.1 Å². The lowest BCUT2D eigenvalue weighted by Gasteiger charge is -2.15. The van der Waals surface area contributed by atoms with Crippen LogP contribution in [0.2, 0.25) is 0 Å². The molecular weight excluding hydrogens is 148 g/mol. The van der Waals surface area contributed by atoms with E-state index in [-0.39, 0.29) is 0 Å². The zero-order valence-electron chi connectivity index (χ0n) is 7.78. The van der Waals surface area contributed by atoms with Gasteiger partial charge < -0.3 is 10.6 Å². The second kappa shape index (κ2) is 4.00. The summed E-state index contributed by atoms with van der Waals surface area (Å²) in [5, 5.41) is 6.50. The van der Waals surface area contributed by atoms with Gasteiger partial charge in [-0.3, -0.25) is 0 Å². The van der Waals surface area contributed by atoms with Crippen LogP contribution in [0.3, 0.4) is 0 Å². The van der Waals surface area contributed by atoms with Crippen LogP contribution in [0.4, 0.5) is 0 Å². The Morgan fingerprint density at radius 2 is 2.50 bits per heavy atom. The number of dihydropyridines is 1. The summed E-state index contributed by atoms with van der Waals surface area (Å²) in [6.45, 7) is 9.69. The molecule has 0 fully saturated rings. The van der Waals surface area contributed by atoms with Crippen LogP contribution in [-0.2, 0) is 0 Å². The van der Waals surface area contributed by atoms with Gasteiger partial charge in [0.2, 0.25) is 0 Å². The van der Waals surface area contributed by atoms with Crippen molar-refractivity contribution in [1.29, 1.82) is 0 Å². The molecule has 0 saturated heterocycles. The van der Waals surface area contributed by atoms with E-state index in [2.05, 4.69) is 30.2 Å². The first-order valence-corrected chi connectivity index (χ1v) is 4.17. The molecule has 0 aliphatic carbocycles. The van der Waals surface area contributed by atoms with Crippen molar-refractivity contribution in [3.63, 3.8) is 0 Å². The number of allylic oxidation sites excluding steroid dienone is 2. The van der Waals surface area contributed by atoms with Crippen molar-refractivity contribution in [3.8, 4) is 0 Å². The molecule has 0 radical (unpaired) electrons. The van der Waals surface area contributed by atoms with Crippen LogP contribution in [0.1, 0.15) is 13.8 Å². The molecule has 66 valence electrons. The average molecular weight is 164 g/mol. The lowest BCUT2D eigenvalue weighted by molar-refractivity contribution is 0.776. The van der Waals surface area contributed by atoms with E-state index in [1.54, 1.807) is 0 Å². The van der Waals surface area contributed by atoms with E-state index in [0.29, 0.717) is 0 Å². The maximum absolute atomic E-state index is 3.83. The molecule has 0 spiro atoms. The lowest BCUT2D eigenvalue weighted by atomic mass is 10.2. The summed E-state index contributed by atoms with van der Waals surface area (Å²) in [6, 6.07) is 0. The quantitative estimate of drug-likeness (QED) is 0.618. The zero-order chi connectivity index (χ0) is 8.97. The molecule has 1 heterocycles. The summed E-state index contributed by atoms with van der Waals surface area (Å²) in [7, 11) is 0. The first-order chi connectivity index (χ1) is 5.68. The van der Waals surface area contributed by atoms with Crippen molar-refractivity contribution in [1.82, 2.24) is 10.6 Å². The first kappa shape index (κ1) is 8.91. The predicted octanol–water partition coefficient (Wildman–Crippen LogP) is 1.54. The Bertz CT molecular complexity index is 236. The minimum absolute atomic E-state index is 0.862. The van der Waals surface area contributed by atoms with Gasteiger partial charge in [-0.05, 0) is 31.7 Å². The van der Waals surface area contributed by atoms with Crippen molar-refractivity contribution < 1.29 is 0 Å². The Labute approximate surface area is 74.0 Å².